The Kier molecular flexibility index (Phi) is 8.35. The van der Waals surface area contributed by atoms with Crippen LogP contribution in [0.25, 0.3) is 0 Å². The number of likely N-dealkylation sites (N-methyl/N-ethyl adjacent to an activating group) is 4. The molecule has 5 fully saturated rings. The molecule has 10 heterocycles. The normalized spacial score (nSPS) is 28.5. The summed E-state index contributed by atoms with van der Waals surface area (Å²) in [4.78, 5) is 52.2. The van der Waals surface area contributed by atoms with Crippen LogP contribution in [-0.2, 0) is 49.4 Å². The van der Waals surface area contributed by atoms with Crippen LogP contribution in [0.1, 0.15) is 12.5 Å². The van der Waals surface area contributed by atoms with Gasteiger partial charge < -0.3 is 48.2 Å². The Morgan fingerprint density at radius 3 is 1.68 bits per heavy atom. The summed E-state index contributed by atoms with van der Waals surface area (Å²) in [5, 5.41) is 0.915. The molecule has 0 aromatic heterocycles. The van der Waals surface area contributed by atoms with Crippen molar-refractivity contribution in [3.63, 3.8) is 0 Å². The third kappa shape index (κ3) is 6.07. The lowest BCUT2D eigenvalue weighted by molar-refractivity contribution is -0.141. The summed E-state index contributed by atoms with van der Waals surface area (Å²) in [7, 11) is 7.63. The number of rotatable bonds is 2. The minimum atomic E-state index is -0.402. The number of nitrogens with zero attached hydrogens (tertiary/aromatic N) is 5. The lowest BCUT2D eigenvalue weighted by atomic mass is 10.2. The summed E-state index contributed by atoms with van der Waals surface area (Å²) >= 11 is 14.7. The van der Waals surface area contributed by atoms with E-state index in [0.29, 0.717) is 15.3 Å². The number of fused-ring (bicyclic) bond motifs is 5. The van der Waals surface area contributed by atoms with Crippen molar-refractivity contribution in [2.45, 2.75) is 44.6 Å². The predicted octanol–water partition coefficient (Wildman–Crippen LogP) is 3.30. The summed E-state index contributed by atoms with van der Waals surface area (Å²) in [6.45, 7) is 6.14. The van der Waals surface area contributed by atoms with Crippen molar-refractivity contribution in [1.82, 2.24) is 24.5 Å². The minimum Gasteiger partial charge on any atom is -0.464 e. The van der Waals surface area contributed by atoms with Crippen LogP contribution in [0.15, 0.2) is 97.4 Å². The average molecular weight is 791 g/mol. The zero-order valence-electron chi connectivity index (χ0n) is 27.3. The van der Waals surface area contributed by atoms with Gasteiger partial charge in [-0.15, -0.1) is 0 Å². The molecule has 11 rings (SSSR count). The lowest BCUT2D eigenvalue weighted by Crippen LogP contribution is -2.11. The molecule has 5 saturated heterocycles. The number of carbonyl (C=O) groups excluding carboxylic acids is 4. The Balaban J connectivity index is 0.000000100. The second-order valence-electron chi connectivity index (χ2n) is 12.2. The van der Waals surface area contributed by atoms with Crippen molar-refractivity contribution in [1.29, 1.82) is 0 Å². The summed E-state index contributed by atoms with van der Waals surface area (Å²) in [6.07, 6.45) is 1.38. The molecule has 0 amide bonds. The van der Waals surface area contributed by atoms with Crippen LogP contribution in [0.4, 0.5) is 0 Å². The third-order valence-electron chi connectivity index (χ3n) is 8.96. The first-order valence-electron chi connectivity index (χ1n) is 15.2. The van der Waals surface area contributed by atoms with E-state index in [9.17, 15) is 19.2 Å². The molecule has 0 spiro atoms. The predicted molar refractivity (Wildman–Crippen MR) is 179 cm³/mol. The first-order valence-corrected chi connectivity index (χ1v) is 16.8. The van der Waals surface area contributed by atoms with Crippen molar-refractivity contribution in [3.8, 4) is 0 Å². The Labute approximate surface area is 305 Å². The van der Waals surface area contributed by atoms with Crippen molar-refractivity contribution in [2.75, 3.05) is 28.2 Å². The highest BCUT2D eigenvalue weighted by Crippen LogP contribution is 2.47. The van der Waals surface area contributed by atoms with Crippen LogP contribution in [-0.4, -0.2) is 108 Å². The van der Waals surface area contributed by atoms with Gasteiger partial charge in [-0.05, 0) is 28.4 Å². The van der Waals surface area contributed by atoms with E-state index in [0.717, 1.165) is 40.6 Å². The lowest BCUT2D eigenvalue weighted by Gasteiger charge is -2.06. The smallest absolute Gasteiger partial charge is 0.354 e. The monoisotopic (exact) mass is 789 g/mol. The Morgan fingerprint density at radius 2 is 1.26 bits per heavy atom. The zero-order valence-corrected chi connectivity index (χ0v) is 30.4. The molecule has 262 valence electrons. The number of carbonyl (C=O) groups is 4. The van der Waals surface area contributed by atoms with Gasteiger partial charge >= 0.3 is 23.9 Å². The SMILES string of the molecule is C=C1OC2C(=C1Cl)N2C.CC1=C2C(OC1=O)N2C.CN1C2=C(Br)C(=O)OC21.CN1C2=CC(=O)OC21.O=C1OC2C(=C1Cl)N2Cc1ccccc1. The van der Waals surface area contributed by atoms with E-state index < -0.39 is 5.97 Å². The molecule has 50 heavy (non-hydrogen) atoms. The molecule has 0 bridgehead atoms. The van der Waals surface area contributed by atoms with E-state index in [1.165, 1.54) is 11.6 Å². The molecular formula is C33H30BrCl2N5O9. The van der Waals surface area contributed by atoms with Crippen molar-refractivity contribution in [2.24, 2.45) is 0 Å². The molecule has 5 atom stereocenters. The molecule has 0 radical (unpaired) electrons. The molecule has 0 saturated carbocycles. The van der Waals surface area contributed by atoms with E-state index in [1.807, 2.05) is 83.0 Å². The van der Waals surface area contributed by atoms with Crippen LogP contribution in [0.5, 0.6) is 0 Å². The van der Waals surface area contributed by atoms with E-state index in [-0.39, 0.29) is 54.1 Å². The second-order valence-corrected chi connectivity index (χ2v) is 13.7. The van der Waals surface area contributed by atoms with Gasteiger partial charge in [-0.3, -0.25) is 0 Å². The Hall–Kier alpha value is -4.60. The number of benzene rings is 1. The van der Waals surface area contributed by atoms with Gasteiger partial charge in [0.25, 0.3) is 0 Å². The fourth-order valence-corrected chi connectivity index (χ4v) is 6.77. The van der Waals surface area contributed by atoms with Gasteiger partial charge in [-0.2, -0.15) is 0 Å². The maximum Gasteiger partial charge on any atom is 0.354 e. The zero-order chi connectivity index (χ0) is 35.9. The molecule has 14 nitrogen and oxygen atoms in total. The fraction of sp³-hybridized carbons (Fsp3) is 0.333. The number of hydrogen-bond acceptors (Lipinski definition) is 14. The van der Waals surface area contributed by atoms with Gasteiger partial charge in [0.05, 0.1) is 17.0 Å². The van der Waals surface area contributed by atoms with Crippen LogP contribution in [0.2, 0.25) is 0 Å². The maximum atomic E-state index is 11.0. The van der Waals surface area contributed by atoms with Gasteiger partial charge in [-0.1, -0.05) is 60.1 Å². The molecule has 5 unspecified atom stereocenters. The Bertz CT molecular complexity index is 1810. The maximum absolute atomic E-state index is 11.0. The van der Waals surface area contributed by atoms with Gasteiger partial charge in [0.2, 0.25) is 31.1 Å². The van der Waals surface area contributed by atoms with Crippen LogP contribution < -0.4 is 0 Å². The summed E-state index contributed by atoms with van der Waals surface area (Å²) in [6, 6.07) is 10.0. The number of allylic oxidation sites excluding steroid dienone is 1. The van der Waals surface area contributed by atoms with Gasteiger partial charge in [0.15, 0.2) is 5.03 Å². The highest BCUT2D eigenvalue weighted by molar-refractivity contribution is 9.12. The highest BCUT2D eigenvalue weighted by atomic mass is 79.9. The molecule has 1 aromatic carbocycles. The Morgan fingerprint density at radius 1 is 0.680 bits per heavy atom. The van der Waals surface area contributed by atoms with Crippen molar-refractivity contribution < 1.29 is 42.9 Å². The molecule has 0 N–H and O–H groups in total. The van der Waals surface area contributed by atoms with E-state index in [2.05, 4.69) is 22.5 Å². The quantitative estimate of drug-likeness (QED) is 0.247. The number of hydrogen-bond donors (Lipinski definition) is 0. The fourth-order valence-electron chi connectivity index (χ4n) is 5.69. The molecule has 1 aromatic rings. The first kappa shape index (κ1) is 33.9. The number of esters is 4. The van der Waals surface area contributed by atoms with Gasteiger partial charge in [0, 0.05) is 40.8 Å². The van der Waals surface area contributed by atoms with Crippen molar-refractivity contribution in [3.05, 3.63) is 103 Å². The van der Waals surface area contributed by atoms with Crippen LogP contribution in [0.3, 0.4) is 0 Å². The van der Waals surface area contributed by atoms with Gasteiger partial charge in [-0.25, -0.2) is 19.2 Å². The minimum absolute atomic E-state index is 0.00231. The van der Waals surface area contributed by atoms with Crippen LogP contribution >= 0.6 is 39.1 Å². The number of halogens is 3. The standard InChI is InChI=1S/C11H8ClNO2.C6H6ClNO.C6H7NO2.C5H4BrNO2.C5H5NO2/c12-8-9-10(15-11(8)14)13(9)6-7-4-2-1-3-5-7;1-3-4(7)5-6(9-3)8(5)2;1-3-4-5(7(4)2)9-6(3)8;1-7-3-2(6)5(8)9-4(3)7;1-6-3-2-4(7)8-5(3)6/h1-5,10H,6H2;6H,1H2,2H3;5H,1-2H3;4H,1H3;2,5H,1H3. The topological polar surface area (TPSA) is 129 Å². The van der Waals surface area contributed by atoms with E-state index in [1.54, 1.807) is 6.92 Å². The summed E-state index contributed by atoms with van der Waals surface area (Å²) in [5.41, 5.74) is 6.88. The van der Waals surface area contributed by atoms with E-state index in [4.69, 9.17) is 46.9 Å². The number of ether oxygens (including phenoxy) is 5. The molecule has 10 aliphatic heterocycles. The molecule has 10 aliphatic rings. The largest absolute Gasteiger partial charge is 0.464 e. The second kappa shape index (κ2) is 12.3. The third-order valence-corrected chi connectivity index (χ3v) is 10.4. The van der Waals surface area contributed by atoms with Crippen molar-refractivity contribution >= 4 is 63.0 Å². The van der Waals surface area contributed by atoms with Gasteiger partial charge in [0.1, 0.15) is 32.4 Å². The molecule has 0 aliphatic carbocycles. The first-order chi connectivity index (χ1) is 23.7. The summed E-state index contributed by atoms with van der Waals surface area (Å²) < 4.78 is 25.2. The molecule has 17 heteroatoms. The van der Waals surface area contributed by atoms with E-state index >= 15 is 0 Å². The van der Waals surface area contributed by atoms with Crippen LogP contribution in [0, 0.1) is 0 Å². The highest BCUT2D eigenvalue weighted by Gasteiger charge is 2.54. The molecular weight excluding hydrogens is 761 g/mol. The average Bonchev–Trinajstić information content (AvgIpc) is 4.05. The summed E-state index contributed by atoms with van der Waals surface area (Å²) in [5.74, 6) is -0.403.